The summed E-state index contributed by atoms with van der Waals surface area (Å²) in [5, 5.41) is 8.52. The van der Waals surface area contributed by atoms with Crippen molar-refractivity contribution in [3.8, 4) is 16.9 Å². The number of hydrogen-bond donors (Lipinski definition) is 2. The zero-order chi connectivity index (χ0) is 24.4. The minimum atomic E-state index is -0.278. The largest absolute Gasteiger partial charge is 0.340 e. The molecule has 176 valence electrons. The summed E-state index contributed by atoms with van der Waals surface area (Å²) in [4.78, 5) is 22.6. The summed E-state index contributed by atoms with van der Waals surface area (Å²) in [5.74, 6) is 0.715. The highest BCUT2D eigenvalue weighted by atomic mass is 35.5. The fourth-order valence-electron chi connectivity index (χ4n) is 3.96. The van der Waals surface area contributed by atoms with E-state index >= 15 is 0 Å². The molecule has 5 aromatic rings. The number of fused-ring (bicyclic) bond motifs is 1. The molecule has 0 fully saturated rings. The zero-order valence-electron chi connectivity index (χ0n) is 19.4. The number of halogens is 1. The molecule has 0 unspecified atom stereocenters. The summed E-state index contributed by atoms with van der Waals surface area (Å²) >= 11 is 6.10. The van der Waals surface area contributed by atoms with Gasteiger partial charge in [-0.3, -0.25) is 0 Å². The molecular formula is C27H25ClN6O. The summed E-state index contributed by atoms with van der Waals surface area (Å²) in [6.45, 7) is 2.29. The van der Waals surface area contributed by atoms with Crippen LogP contribution in [0.2, 0.25) is 5.02 Å². The molecule has 2 heterocycles. The number of nitrogens with zero attached hydrogens (tertiary/aromatic N) is 4. The van der Waals surface area contributed by atoms with Gasteiger partial charge >= 0.3 is 6.03 Å². The van der Waals surface area contributed by atoms with Crippen molar-refractivity contribution in [3.05, 3.63) is 101 Å². The Morgan fingerprint density at radius 3 is 2.51 bits per heavy atom. The molecule has 2 amide bonds. The van der Waals surface area contributed by atoms with Gasteiger partial charge in [0, 0.05) is 29.4 Å². The van der Waals surface area contributed by atoms with Crippen molar-refractivity contribution in [1.29, 1.82) is 0 Å². The van der Waals surface area contributed by atoms with Gasteiger partial charge in [-0.05, 0) is 43.3 Å². The average Bonchev–Trinajstić information content (AvgIpc) is 3.50. The number of carbonyl (C=O) groups excluding carboxylic acids is 1. The first-order chi connectivity index (χ1) is 17.0. The SMILES string of the molecule is C[C@@H](NC(=O)N(C)Cc1cn(-c2ccccc2)nc1-c1ccc(Cl)cc1)c1nc2ccccc2[nH]1. The minimum Gasteiger partial charge on any atom is -0.340 e. The van der Waals surface area contributed by atoms with Gasteiger partial charge in [-0.15, -0.1) is 0 Å². The van der Waals surface area contributed by atoms with E-state index in [9.17, 15) is 4.79 Å². The lowest BCUT2D eigenvalue weighted by atomic mass is 10.1. The standard InChI is InChI=1S/C27H25ClN6O/c1-18(26-30-23-10-6-7-11-24(23)31-26)29-27(35)33(2)16-20-17-34(22-8-4-3-5-9-22)32-25(20)19-12-14-21(28)15-13-19/h3-15,17-18H,16H2,1-2H3,(H,29,35)(H,30,31)/t18-/m1/s1. The summed E-state index contributed by atoms with van der Waals surface area (Å²) < 4.78 is 1.84. The molecular weight excluding hydrogens is 460 g/mol. The number of hydrogen-bond acceptors (Lipinski definition) is 3. The van der Waals surface area contributed by atoms with Crippen molar-refractivity contribution < 1.29 is 4.79 Å². The monoisotopic (exact) mass is 484 g/mol. The summed E-state index contributed by atoms with van der Waals surface area (Å²) in [5.41, 5.74) is 5.42. The maximum atomic E-state index is 13.0. The molecule has 5 rings (SSSR count). The van der Waals surface area contributed by atoms with Crippen molar-refractivity contribution in [1.82, 2.24) is 30.0 Å². The molecule has 0 aliphatic rings. The quantitative estimate of drug-likeness (QED) is 0.311. The van der Waals surface area contributed by atoms with Gasteiger partial charge in [0.2, 0.25) is 0 Å². The number of para-hydroxylation sites is 3. The third kappa shape index (κ3) is 4.90. The Morgan fingerprint density at radius 2 is 1.77 bits per heavy atom. The van der Waals surface area contributed by atoms with Crippen molar-refractivity contribution in [2.75, 3.05) is 7.05 Å². The van der Waals surface area contributed by atoms with Crippen molar-refractivity contribution in [2.24, 2.45) is 0 Å². The fourth-order valence-corrected chi connectivity index (χ4v) is 4.08. The molecule has 0 saturated carbocycles. The molecule has 35 heavy (non-hydrogen) atoms. The van der Waals surface area contributed by atoms with Crippen molar-refractivity contribution in [3.63, 3.8) is 0 Å². The van der Waals surface area contributed by atoms with Crippen LogP contribution in [0.4, 0.5) is 4.79 Å². The van der Waals surface area contributed by atoms with Crippen LogP contribution in [-0.4, -0.2) is 37.7 Å². The van der Waals surface area contributed by atoms with E-state index in [1.54, 1.807) is 11.9 Å². The lowest BCUT2D eigenvalue weighted by molar-refractivity contribution is 0.203. The van der Waals surface area contributed by atoms with Crippen LogP contribution in [-0.2, 0) is 6.54 Å². The number of amides is 2. The molecule has 0 aliphatic carbocycles. The van der Waals surface area contributed by atoms with Crippen LogP contribution in [0.15, 0.2) is 85.1 Å². The molecule has 0 aliphatic heterocycles. The van der Waals surface area contributed by atoms with Gasteiger partial charge in [-0.1, -0.05) is 54.1 Å². The van der Waals surface area contributed by atoms with Gasteiger partial charge in [0.1, 0.15) is 5.82 Å². The normalized spacial score (nSPS) is 12.0. The van der Waals surface area contributed by atoms with Crippen LogP contribution >= 0.6 is 11.6 Å². The van der Waals surface area contributed by atoms with E-state index in [0.29, 0.717) is 17.4 Å². The summed E-state index contributed by atoms with van der Waals surface area (Å²) in [7, 11) is 1.77. The fraction of sp³-hybridized carbons (Fsp3) is 0.148. The second kappa shape index (κ2) is 9.64. The van der Waals surface area contributed by atoms with Crippen LogP contribution in [0.3, 0.4) is 0 Å². The highest BCUT2D eigenvalue weighted by Crippen LogP contribution is 2.26. The van der Waals surface area contributed by atoms with E-state index in [2.05, 4.69) is 15.3 Å². The van der Waals surface area contributed by atoms with E-state index in [4.69, 9.17) is 16.7 Å². The molecule has 3 aromatic carbocycles. The molecule has 1 atom stereocenters. The van der Waals surface area contributed by atoms with Crippen LogP contribution in [0.1, 0.15) is 24.4 Å². The summed E-state index contributed by atoms with van der Waals surface area (Å²) in [6.07, 6.45) is 1.96. The Bertz CT molecular complexity index is 1430. The van der Waals surface area contributed by atoms with Gasteiger partial charge in [-0.2, -0.15) is 5.10 Å². The van der Waals surface area contributed by atoms with Gasteiger partial charge in [0.05, 0.1) is 35.0 Å². The number of aromatic amines is 1. The smallest absolute Gasteiger partial charge is 0.318 e. The number of aromatic nitrogens is 4. The molecule has 0 radical (unpaired) electrons. The van der Waals surface area contributed by atoms with E-state index in [-0.39, 0.29) is 12.1 Å². The van der Waals surface area contributed by atoms with Crippen LogP contribution < -0.4 is 5.32 Å². The lowest BCUT2D eigenvalue weighted by Crippen LogP contribution is -2.38. The Balaban J connectivity index is 1.37. The number of carbonyl (C=O) groups is 1. The van der Waals surface area contributed by atoms with E-state index < -0.39 is 0 Å². The van der Waals surface area contributed by atoms with Crippen LogP contribution in [0, 0.1) is 0 Å². The third-order valence-electron chi connectivity index (χ3n) is 5.84. The Hall–Kier alpha value is -4.10. The van der Waals surface area contributed by atoms with Gasteiger partial charge < -0.3 is 15.2 Å². The molecule has 7 nitrogen and oxygen atoms in total. The number of benzene rings is 3. The molecule has 0 spiro atoms. The maximum Gasteiger partial charge on any atom is 0.318 e. The number of urea groups is 1. The number of imidazole rings is 1. The molecule has 8 heteroatoms. The zero-order valence-corrected chi connectivity index (χ0v) is 20.2. The molecule has 0 saturated heterocycles. The van der Waals surface area contributed by atoms with Crippen LogP contribution in [0.25, 0.3) is 28.0 Å². The Labute approximate surface area is 208 Å². The second-order valence-electron chi connectivity index (χ2n) is 8.46. The van der Waals surface area contributed by atoms with Gasteiger partial charge in [-0.25, -0.2) is 14.5 Å². The van der Waals surface area contributed by atoms with Gasteiger partial charge in [0.25, 0.3) is 0 Å². The first-order valence-electron chi connectivity index (χ1n) is 11.3. The average molecular weight is 485 g/mol. The maximum absolute atomic E-state index is 13.0. The first-order valence-corrected chi connectivity index (χ1v) is 11.7. The number of H-pyrrole nitrogens is 1. The number of rotatable bonds is 6. The van der Waals surface area contributed by atoms with Crippen molar-refractivity contribution >= 4 is 28.7 Å². The van der Waals surface area contributed by atoms with E-state index in [1.165, 1.54) is 0 Å². The highest BCUT2D eigenvalue weighted by molar-refractivity contribution is 6.30. The molecule has 2 N–H and O–H groups in total. The Kier molecular flexibility index (Phi) is 6.25. The van der Waals surface area contributed by atoms with Crippen molar-refractivity contribution in [2.45, 2.75) is 19.5 Å². The van der Waals surface area contributed by atoms with E-state index in [0.717, 1.165) is 33.5 Å². The topological polar surface area (TPSA) is 78.8 Å². The summed E-state index contributed by atoms with van der Waals surface area (Å²) in [6, 6.07) is 24.8. The Morgan fingerprint density at radius 1 is 1.06 bits per heavy atom. The number of nitrogens with one attached hydrogen (secondary N) is 2. The first kappa shape index (κ1) is 22.7. The lowest BCUT2D eigenvalue weighted by Gasteiger charge is -2.20. The van der Waals surface area contributed by atoms with Gasteiger partial charge in [0.15, 0.2) is 0 Å². The predicted molar refractivity (Wildman–Crippen MR) is 139 cm³/mol. The third-order valence-corrected chi connectivity index (χ3v) is 6.09. The minimum absolute atomic E-state index is 0.201. The molecule has 0 bridgehead atoms. The molecule has 2 aromatic heterocycles. The second-order valence-corrected chi connectivity index (χ2v) is 8.89. The van der Waals surface area contributed by atoms with Crippen LogP contribution in [0.5, 0.6) is 0 Å². The van der Waals surface area contributed by atoms with E-state index in [1.807, 2.05) is 96.7 Å². The highest BCUT2D eigenvalue weighted by Gasteiger charge is 2.19. The predicted octanol–water partition coefficient (Wildman–Crippen LogP) is 5.97.